The minimum Gasteiger partial charge on any atom is -0.283 e. The Morgan fingerprint density at radius 3 is 2.56 bits per heavy atom. The molecular formula is C25H24ClN3OS2. The summed E-state index contributed by atoms with van der Waals surface area (Å²) in [6.07, 6.45) is 3.81. The predicted molar refractivity (Wildman–Crippen MR) is 136 cm³/mol. The van der Waals surface area contributed by atoms with Crippen molar-refractivity contribution in [1.29, 1.82) is 0 Å². The van der Waals surface area contributed by atoms with Crippen LogP contribution in [0.25, 0.3) is 10.2 Å². The van der Waals surface area contributed by atoms with Gasteiger partial charge in [-0.25, -0.2) is 4.98 Å². The first-order valence-corrected chi connectivity index (χ1v) is 12.5. The lowest BCUT2D eigenvalue weighted by Gasteiger charge is -2.20. The lowest BCUT2D eigenvalue weighted by Crippen LogP contribution is -2.31. The quantitative estimate of drug-likeness (QED) is 0.268. The van der Waals surface area contributed by atoms with Gasteiger partial charge in [-0.1, -0.05) is 61.1 Å². The van der Waals surface area contributed by atoms with Crippen LogP contribution in [0.1, 0.15) is 30.5 Å². The molecule has 0 bridgehead atoms. The molecule has 2 aromatic carbocycles. The third kappa shape index (κ3) is 5.31. The van der Waals surface area contributed by atoms with E-state index in [1.165, 1.54) is 16.2 Å². The summed E-state index contributed by atoms with van der Waals surface area (Å²) in [6, 6.07) is 15.9. The van der Waals surface area contributed by atoms with E-state index in [0.29, 0.717) is 28.4 Å². The van der Waals surface area contributed by atoms with Crippen molar-refractivity contribution in [2.24, 2.45) is 0 Å². The zero-order valence-corrected chi connectivity index (χ0v) is 20.6. The number of pyridine rings is 1. The molecule has 2 aromatic heterocycles. The highest BCUT2D eigenvalue weighted by atomic mass is 35.5. The van der Waals surface area contributed by atoms with E-state index >= 15 is 0 Å². The molecule has 0 unspecified atom stereocenters. The second-order valence-corrected chi connectivity index (χ2v) is 10.9. The van der Waals surface area contributed by atoms with E-state index in [0.717, 1.165) is 26.9 Å². The first-order chi connectivity index (χ1) is 15.4. The first kappa shape index (κ1) is 22.8. The predicted octanol–water partition coefficient (Wildman–Crippen LogP) is 6.93. The van der Waals surface area contributed by atoms with Crippen LogP contribution in [0.3, 0.4) is 0 Å². The first-order valence-electron chi connectivity index (χ1n) is 10.4. The van der Waals surface area contributed by atoms with Gasteiger partial charge in [0.1, 0.15) is 0 Å². The average molecular weight is 482 g/mol. The Bertz CT molecular complexity index is 1180. The van der Waals surface area contributed by atoms with Crippen molar-refractivity contribution < 1.29 is 4.79 Å². The van der Waals surface area contributed by atoms with Crippen molar-refractivity contribution in [1.82, 2.24) is 9.97 Å². The van der Waals surface area contributed by atoms with E-state index in [-0.39, 0.29) is 5.91 Å². The maximum atomic E-state index is 13.5. The van der Waals surface area contributed by atoms with E-state index < -0.39 is 0 Å². The number of carbonyl (C=O) groups excluding carboxylic acids is 1. The molecule has 0 saturated carbocycles. The second-order valence-electron chi connectivity index (χ2n) is 7.87. The highest BCUT2D eigenvalue weighted by molar-refractivity contribution is 7.99. The minimum absolute atomic E-state index is 0.00838. The summed E-state index contributed by atoms with van der Waals surface area (Å²) in [5, 5.41) is 1.82. The molecule has 0 fully saturated rings. The number of rotatable bonds is 7. The van der Waals surface area contributed by atoms with Gasteiger partial charge >= 0.3 is 0 Å². The number of anilines is 1. The topological polar surface area (TPSA) is 46.1 Å². The van der Waals surface area contributed by atoms with E-state index in [1.54, 1.807) is 17.3 Å². The van der Waals surface area contributed by atoms with E-state index in [1.807, 2.05) is 55.1 Å². The molecule has 0 aliphatic heterocycles. The summed E-state index contributed by atoms with van der Waals surface area (Å²) in [7, 11) is 0. The van der Waals surface area contributed by atoms with Crippen LogP contribution in [0.4, 0.5) is 5.13 Å². The Morgan fingerprint density at radius 1 is 1.12 bits per heavy atom. The van der Waals surface area contributed by atoms with Crippen LogP contribution in [0.15, 0.2) is 65.8 Å². The van der Waals surface area contributed by atoms with E-state index in [4.69, 9.17) is 16.6 Å². The van der Waals surface area contributed by atoms with Gasteiger partial charge in [0.2, 0.25) is 5.91 Å². The molecule has 0 N–H and O–H groups in total. The monoisotopic (exact) mass is 481 g/mol. The van der Waals surface area contributed by atoms with Crippen molar-refractivity contribution >= 4 is 56.0 Å². The molecule has 0 aliphatic carbocycles. The summed E-state index contributed by atoms with van der Waals surface area (Å²) in [6.45, 7) is 6.76. The third-order valence-corrected chi connectivity index (χ3v) is 7.49. The number of hydrogen-bond donors (Lipinski definition) is 0. The summed E-state index contributed by atoms with van der Waals surface area (Å²) >= 11 is 9.69. The molecule has 4 rings (SSSR count). The minimum atomic E-state index is -0.00838. The fourth-order valence-electron chi connectivity index (χ4n) is 3.37. The van der Waals surface area contributed by atoms with Crippen LogP contribution in [0.2, 0.25) is 5.02 Å². The molecule has 1 amide bonds. The number of thiazole rings is 1. The summed E-state index contributed by atoms with van der Waals surface area (Å²) in [4.78, 5) is 25.4. The molecule has 4 aromatic rings. The van der Waals surface area contributed by atoms with Crippen molar-refractivity contribution in [3.8, 4) is 0 Å². The zero-order valence-electron chi connectivity index (χ0n) is 18.2. The number of hydrogen-bond acceptors (Lipinski definition) is 5. The molecule has 0 spiro atoms. The number of carbonyl (C=O) groups is 1. The van der Waals surface area contributed by atoms with Crippen molar-refractivity contribution in [2.45, 2.75) is 43.9 Å². The van der Waals surface area contributed by atoms with Crippen LogP contribution in [-0.2, 0) is 17.8 Å². The highest BCUT2D eigenvalue weighted by Gasteiger charge is 2.22. The molecule has 0 atom stereocenters. The SMILES string of the molecule is Cc1ccc(Cl)c2sc(N(Cc3cccnc3)C(=O)Cc3ccc(SC(C)C)cc3)nc12. The summed E-state index contributed by atoms with van der Waals surface area (Å²) < 4.78 is 0.903. The van der Waals surface area contributed by atoms with Crippen LogP contribution in [0.5, 0.6) is 0 Å². The van der Waals surface area contributed by atoms with Crippen LogP contribution >= 0.6 is 34.7 Å². The fourth-order valence-corrected chi connectivity index (χ4v) is 5.54. The number of benzene rings is 2. The van der Waals surface area contributed by atoms with Gasteiger partial charge in [0.05, 0.1) is 28.2 Å². The number of aryl methyl sites for hydroxylation is 1. The number of amides is 1. The molecule has 4 nitrogen and oxygen atoms in total. The average Bonchev–Trinajstić information content (AvgIpc) is 3.23. The standard InChI is InChI=1S/C25H24ClN3OS2/c1-16(2)31-20-9-7-18(8-10-20)13-22(30)29(15-19-5-4-12-27-14-19)25-28-23-17(3)6-11-21(26)24(23)32-25/h4-12,14,16H,13,15H2,1-3H3. The lowest BCUT2D eigenvalue weighted by molar-refractivity contribution is -0.118. The largest absolute Gasteiger partial charge is 0.283 e. The maximum Gasteiger partial charge on any atom is 0.233 e. The molecule has 0 aliphatic rings. The number of fused-ring (bicyclic) bond motifs is 1. The summed E-state index contributed by atoms with van der Waals surface area (Å²) in [5.41, 5.74) is 3.82. The molecule has 0 saturated heterocycles. The van der Waals surface area contributed by atoms with Gasteiger partial charge < -0.3 is 0 Å². The Morgan fingerprint density at radius 2 is 1.91 bits per heavy atom. The van der Waals surface area contributed by atoms with Gasteiger partial charge in [-0.05, 0) is 47.9 Å². The maximum absolute atomic E-state index is 13.5. The lowest BCUT2D eigenvalue weighted by atomic mass is 10.1. The third-order valence-electron chi connectivity index (χ3n) is 4.93. The van der Waals surface area contributed by atoms with Crippen LogP contribution in [0, 0.1) is 6.92 Å². The second kappa shape index (κ2) is 10.0. The van der Waals surface area contributed by atoms with E-state index in [9.17, 15) is 4.79 Å². The van der Waals surface area contributed by atoms with Gasteiger partial charge in [0.15, 0.2) is 5.13 Å². The smallest absolute Gasteiger partial charge is 0.233 e. The number of nitrogens with zero attached hydrogens (tertiary/aromatic N) is 3. The van der Waals surface area contributed by atoms with Crippen LogP contribution < -0.4 is 4.90 Å². The van der Waals surface area contributed by atoms with Gasteiger partial charge in [0.25, 0.3) is 0 Å². The van der Waals surface area contributed by atoms with Crippen molar-refractivity contribution in [3.63, 3.8) is 0 Å². The Kier molecular flexibility index (Phi) is 7.13. The van der Waals surface area contributed by atoms with Crippen molar-refractivity contribution in [2.75, 3.05) is 4.90 Å². The fraction of sp³-hybridized carbons (Fsp3) is 0.240. The van der Waals surface area contributed by atoms with E-state index in [2.05, 4.69) is 31.0 Å². The Balaban J connectivity index is 1.64. The molecule has 7 heteroatoms. The molecule has 2 heterocycles. The van der Waals surface area contributed by atoms with Gasteiger partial charge in [-0.2, -0.15) is 0 Å². The summed E-state index contributed by atoms with van der Waals surface area (Å²) in [5.74, 6) is -0.00838. The number of aromatic nitrogens is 2. The van der Waals surface area contributed by atoms with Gasteiger partial charge in [-0.3, -0.25) is 14.7 Å². The Labute approximate surface area is 201 Å². The normalized spacial score (nSPS) is 11.3. The molecule has 32 heavy (non-hydrogen) atoms. The zero-order chi connectivity index (χ0) is 22.7. The van der Waals surface area contributed by atoms with Crippen molar-refractivity contribution in [3.05, 3.63) is 82.6 Å². The molecular weight excluding hydrogens is 458 g/mol. The van der Waals surface area contributed by atoms with Crippen LogP contribution in [-0.4, -0.2) is 21.1 Å². The molecule has 164 valence electrons. The molecule has 0 radical (unpaired) electrons. The van der Waals surface area contributed by atoms with Gasteiger partial charge in [-0.15, -0.1) is 11.8 Å². The number of thioether (sulfide) groups is 1. The Hall–Kier alpha value is -2.41. The van der Waals surface area contributed by atoms with Gasteiger partial charge in [0, 0.05) is 22.5 Å². The highest BCUT2D eigenvalue weighted by Crippen LogP contribution is 2.36. The number of halogens is 1.